The van der Waals surface area contributed by atoms with Crippen LogP contribution >= 0.6 is 10.2 Å². The first-order valence-corrected chi connectivity index (χ1v) is 13.4. The summed E-state index contributed by atoms with van der Waals surface area (Å²) in [6, 6.07) is 8.60. The van der Waals surface area contributed by atoms with Crippen molar-refractivity contribution in [3.05, 3.63) is 77.4 Å². The number of aryl methyl sites for hydroxylation is 1. The second-order valence-electron chi connectivity index (χ2n) is 9.26. The van der Waals surface area contributed by atoms with Crippen LogP contribution in [0, 0.1) is 6.92 Å². The van der Waals surface area contributed by atoms with E-state index in [0.717, 1.165) is 41.1 Å². The maximum atomic E-state index is 13.2. The number of fused-ring (bicyclic) bond motifs is 1. The van der Waals surface area contributed by atoms with E-state index in [1.807, 2.05) is 46.9 Å². The number of benzene rings is 2. The van der Waals surface area contributed by atoms with Crippen LogP contribution in [0.1, 0.15) is 36.6 Å². The maximum Gasteiger partial charge on any atom is 0.310 e. The summed E-state index contributed by atoms with van der Waals surface area (Å²) in [7, 11) is -8.18. The molecule has 0 spiro atoms. The third-order valence-corrected chi connectivity index (χ3v) is 7.73. The van der Waals surface area contributed by atoms with Crippen LogP contribution in [-0.2, 0) is 10.6 Å². The molecule has 198 valence electrons. The smallest absolute Gasteiger partial charge is 0.310 e. The number of hydrogen-bond acceptors (Lipinski definition) is 5. The average molecular weight is 541 g/mol. The molecule has 0 N–H and O–H groups in total. The van der Waals surface area contributed by atoms with E-state index in [2.05, 4.69) is 10.1 Å². The number of oxime groups is 1. The molecule has 0 saturated carbocycles. The fourth-order valence-electron chi connectivity index (χ4n) is 4.64. The first-order valence-electron chi connectivity index (χ1n) is 11.5. The van der Waals surface area contributed by atoms with Crippen LogP contribution in [0.2, 0.25) is 0 Å². The molecule has 1 saturated heterocycles. The number of rotatable bonds is 5. The molecule has 0 amide bonds. The molecule has 1 atom stereocenters. The number of amidine groups is 1. The molecule has 2 aliphatic heterocycles. The van der Waals surface area contributed by atoms with E-state index in [0.29, 0.717) is 42.2 Å². The summed E-state index contributed by atoms with van der Waals surface area (Å²) in [4.78, 5) is 9.88. The molecule has 1 unspecified atom stereocenters. The van der Waals surface area contributed by atoms with E-state index in [1.165, 1.54) is 0 Å². The lowest BCUT2D eigenvalue weighted by Crippen LogP contribution is -2.46. The van der Waals surface area contributed by atoms with Crippen molar-refractivity contribution < 1.29 is 29.0 Å². The highest BCUT2D eigenvalue weighted by Crippen LogP contribution is 3.02. The highest BCUT2D eigenvalue weighted by Gasteiger charge is 2.65. The van der Waals surface area contributed by atoms with Gasteiger partial charge in [-0.25, -0.2) is 4.98 Å². The Morgan fingerprint density at radius 1 is 1.08 bits per heavy atom. The molecule has 3 heterocycles. The van der Waals surface area contributed by atoms with Crippen LogP contribution in [0.5, 0.6) is 5.75 Å². The highest BCUT2D eigenvalue weighted by molar-refractivity contribution is 8.45. The van der Waals surface area contributed by atoms with Crippen molar-refractivity contribution in [3.63, 3.8) is 0 Å². The monoisotopic (exact) mass is 540 g/mol. The van der Waals surface area contributed by atoms with Gasteiger partial charge in [-0.05, 0) is 61.2 Å². The minimum Gasteiger partial charge on any atom is -0.495 e. The summed E-state index contributed by atoms with van der Waals surface area (Å²) >= 11 is 0. The lowest BCUT2D eigenvalue weighted by atomic mass is 9.95. The first-order chi connectivity index (χ1) is 17.2. The van der Waals surface area contributed by atoms with E-state index in [1.54, 1.807) is 20.4 Å². The summed E-state index contributed by atoms with van der Waals surface area (Å²) in [6.07, 6.45) is 7.02. The van der Waals surface area contributed by atoms with Gasteiger partial charge in [0, 0.05) is 25.2 Å². The molecule has 6 nitrogen and oxygen atoms in total. The predicted octanol–water partition coefficient (Wildman–Crippen LogP) is 7.54. The van der Waals surface area contributed by atoms with Gasteiger partial charge in [0.05, 0.1) is 24.8 Å². The quantitative estimate of drug-likeness (QED) is 0.314. The Hall–Kier alpha value is -3.54. The second-order valence-corrected chi connectivity index (χ2v) is 11.7. The maximum absolute atomic E-state index is 13.2. The van der Waals surface area contributed by atoms with E-state index < -0.39 is 20.8 Å². The Morgan fingerprint density at radius 3 is 2.43 bits per heavy atom. The minimum absolute atomic E-state index is 0.291. The largest absolute Gasteiger partial charge is 0.495 e. The fraction of sp³-hybridized carbons (Fsp3) is 0.280. The van der Waals surface area contributed by atoms with Crippen molar-refractivity contribution in [1.29, 1.82) is 0 Å². The molecule has 0 aliphatic carbocycles. The standard InChI is InChI=1S/C25H25F5N4O2S/c1-17-15-33(16-31-17)22-11-6-18(14-23(22)35-3)13-19-5-4-12-34-24(19)32-36-25(34,2)20-7-9-21(10-8-20)37(26,27,28,29)30/h6-11,13-16H,4-5,12H2,1-3H3. The number of ether oxygens (including phenoxy) is 1. The molecule has 0 radical (unpaired) electrons. The van der Waals surface area contributed by atoms with Gasteiger partial charge in [-0.3, -0.25) is 0 Å². The Bertz CT molecular complexity index is 1440. The van der Waals surface area contributed by atoms with Crippen LogP contribution < -0.4 is 4.74 Å². The van der Waals surface area contributed by atoms with Crippen LogP contribution in [-0.4, -0.2) is 33.9 Å². The zero-order valence-electron chi connectivity index (χ0n) is 20.3. The molecule has 3 aromatic rings. The molecule has 12 heteroatoms. The van der Waals surface area contributed by atoms with Crippen molar-refractivity contribution in [1.82, 2.24) is 14.5 Å². The highest BCUT2D eigenvalue weighted by atomic mass is 32.5. The Kier molecular flexibility index (Phi) is 5.25. The van der Waals surface area contributed by atoms with Crippen molar-refractivity contribution in [2.45, 2.75) is 37.3 Å². The van der Waals surface area contributed by atoms with Gasteiger partial charge in [0.1, 0.15) is 10.6 Å². The van der Waals surface area contributed by atoms with Gasteiger partial charge in [-0.2, -0.15) is 0 Å². The molecule has 2 aromatic carbocycles. The minimum atomic E-state index is -9.76. The molecular weight excluding hydrogens is 515 g/mol. The molecule has 5 rings (SSSR count). The molecule has 2 aliphatic rings. The van der Waals surface area contributed by atoms with Crippen LogP contribution in [0.3, 0.4) is 0 Å². The van der Waals surface area contributed by atoms with Gasteiger partial charge in [-0.15, -0.1) is 0 Å². The SMILES string of the molecule is COc1cc(C=C2CCCN3C2=NOC3(C)c2ccc(S(F)(F)(F)(F)F)cc2)ccc1-n1cnc(C)c1. The summed E-state index contributed by atoms with van der Waals surface area (Å²) in [5.74, 6) is 1.21. The third kappa shape index (κ3) is 4.65. The molecule has 0 bridgehead atoms. The molecule has 1 fully saturated rings. The third-order valence-electron chi connectivity index (χ3n) is 6.57. The predicted molar refractivity (Wildman–Crippen MR) is 132 cm³/mol. The van der Waals surface area contributed by atoms with Crippen molar-refractivity contribution in [3.8, 4) is 11.4 Å². The average Bonchev–Trinajstić information content (AvgIpc) is 3.42. The lowest BCUT2D eigenvalue weighted by Gasteiger charge is -2.41. The van der Waals surface area contributed by atoms with Crippen molar-refractivity contribution in [2.75, 3.05) is 13.7 Å². The van der Waals surface area contributed by atoms with Gasteiger partial charge < -0.3 is 19.0 Å². The lowest BCUT2D eigenvalue weighted by molar-refractivity contribution is -0.0913. The number of methoxy groups -OCH3 is 1. The van der Waals surface area contributed by atoms with Crippen molar-refractivity contribution >= 4 is 22.1 Å². The Labute approximate surface area is 210 Å². The number of hydrogen-bond donors (Lipinski definition) is 0. The normalized spacial score (nSPS) is 22.6. The van der Waals surface area contributed by atoms with Crippen LogP contribution in [0.4, 0.5) is 19.4 Å². The van der Waals surface area contributed by atoms with Gasteiger partial charge in [-0.1, -0.05) is 42.8 Å². The summed E-state index contributed by atoms with van der Waals surface area (Å²) in [5.41, 5.74) is 2.52. The number of nitrogens with zero attached hydrogens (tertiary/aromatic N) is 4. The number of halogens is 5. The summed E-state index contributed by atoms with van der Waals surface area (Å²) in [6.45, 7) is 4.10. The van der Waals surface area contributed by atoms with Crippen LogP contribution in [0.15, 0.2) is 70.6 Å². The van der Waals surface area contributed by atoms with E-state index in [-0.39, 0.29) is 0 Å². The van der Waals surface area contributed by atoms with Crippen LogP contribution in [0.25, 0.3) is 11.8 Å². The zero-order chi connectivity index (χ0) is 26.7. The van der Waals surface area contributed by atoms with Gasteiger partial charge >= 0.3 is 10.2 Å². The first kappa shape index (κ1) is 25.1. The number of aromatic nitrogens is 2. The molecule has 37 heavy (non-hydrogen) atoms. The molecular formula is C25H25F5N4O2S. The van der Waals surface area contributed by atoms with Crippen molar-refractivity contribution in [2.24, 2.45) is 5.16 Å². The van der Waals surface area contributed by atoms with Gasteiger partial charge in [0.25, 0.3) is 0 Å². The Morgan fingerprint density at radius 2 is 1.81 bits per heavy atom. The number of piperidine rings is 1. The van der Waals surface area contributed by atoms with E-state index >= 15 is 0 Å². The van der Waals surface area contributed by atoms with Gasteiger partial charge in [0.15, 0.2) is 5.84 Å². The summed E-state index contributed by atoms with van der Waals surface area (Å²) in [5, 5.41) is 4.24. The Balaban J connectivity index is 1.43. The van der Waals surface area contributed by atoms with E-state index in [4.69, 9.17) is 9.57 Å². The fourth-order valence-corrected chi connectivity index (χ4v) is 5.29. The van der Waals surface area contributed by atoms with E-state index in [9.17, 15) is 19.4 Å². The summed E-state index contributed by atoms with van der Waals surface area (Å²) < 4.78 is 73.3. The number of imidazole rings is 1. The zero-order valence-corrected chi connectivity index (χ0v) is 21.1. The second kappa shape index (κ2) is 7.73. The van der Waals surface area contributed by atoms with Gasteiger partial charge in [0.2, 0.25) is 5.72 Å². The topological polar surface area (TPSA) is 51.9 Å². The molecule has 1 aromatic heterocycles.